The van der Waals surface area contributed by atoms with Gasteiger partial charge in [-0.2, -0.15) is 5.10 Å². The maximum absolute atomic E-state index is 12.4. The number of hydrogen-bond donors (Lipinski definition) is 4. The fraction of sp³-hybridized carbons (Fsp3) is 0.600. The highest BCUT2D eigenvalue weighted by molar-refractivity contribution is 5.81. The molecule has 29 heavy (non-hydrogen) atoms. The quantitative estimate of drug-likeness (QED) is 0.415. The van der Waals surface area contributed by atoms with E-state index in [9.17, 15) is 4.79 Å². The second kappa shape index (κ2) is 9.11. The first kappa shape index (κ1) is 19.5. The van der Waals surface area contributed by atoms with Gasteiger partial charge in [0.1, 0.15) is 5.82 Å². The number of nitrogens with one attached hydrogen (secondary N) is 4. The minimum Gasteiger partial charge on any atom is -0.461 e. The second-order valence-electron chi connectivity index (χ2n) is 7.82. The predicted molar refractivity (Wildman–Crippen MR) is 109 cm³/mol. The molecule has 0 bridgehead atoms. The molecule has 2 aromatic rings. The van der Waals surface area contributed by atoms with Gasteiger partial charge in [-0.1, -0.05) is 6.42 Å². The molecule has 0 spiro atoms. The molecule has 0 saturated heterocycles. The lowest BCUT2D eigenvalue weighted by Gasteiger charge is -2.30. The first-order valence-electron chi connectivity index (χ1n) is 10.4. The van der Waals surface area contributed by atoms with E-state index in [2.05, 4.69) is 36.1 Å². The zero-order valence-electron chi connectivity index (χ0n) is 16.8. The van der Waals surface area contributed by atoms with E-state index in [0.717, 1.165) is 50.3 Å². The number of nitrogens with zero attached hydrogens (tertiary/aromatic N) is 3. The minimum absolute atomic E-state index is 0.106. The van der Waals surface area contributed by atoms with E-state index in [4.69, 9.17) is 4.42 Å². The Kier molecular flexibility index (Phi) is 6.12. The van der Waals surface area contributed by atoms with E-state index in [1.54, 1.807) is 13.3 Å². The number of aromatic amines is 1. The molecule has 0 radical (unpaired) electrons. The molecule has 2 aromatic heterocycles. The van der Waals surface area contributed by atoms with Crippen LogP contribution >= 0.6 is 0 Å². The molecule has 0 aliphatic heterocycles. The second-order valence-corrected chi connectivity index (χ2v) is 7.82. The van der Waals surface area contributed by atoms with Crippen molar-refractivity contribution in [1.29, 1.82) is 0 Å². The Morgan fingerprint density at radius 1 is 1.28 bits per heavy atom. The summed E-state index contributed by atoms with van der Waals surface area (Å²) in [5, 5.41) is 17.1. The van der Waals surface area contributed by atoms with Crippen LogP contribution in [-0.4, -0.2) is 52.7 Å². The first-order valence-corrected chi connectivity index (χ1v) is 10.4. The number of carbonyl (C=O) groups excluding carboxylic acids is 1. The standard InChI is InChI=1S/C20H29N7O2/c1-21-20(22-10-9-17-25-18(27-26-17)16-6-3-11-29-16)24-15-5-2-4-13(12-15)19(28)23-14-7-8-14/h3,6,11,13-15H,2,4-5,7-10,12H2,1H3,(H,23,28)(H2,21,22,24)(H,25,26,27). The van der Waals surface area contributed by atoms with Crippen LogP contribution in [0.15, 0.2) is 27.8 Å². The fourth-order valence-corrected chi connectivity index (χ4v) is 3.72. The Labute approximate surface area is 170 Å². The summed E-state index contributed by atoms with van der Waals surface area (Å²) in [4.78, 5) is 21.1. The third-order valence-corrected chi connectivity index (χ3v) is 5.46. The highest BCUT2D eigenvalue weighted by Gasteiger charge is 2.31. The molecule has 4 N–H and O–H groups in total. The highest BCUT2D eigenvalue weighted by atomic mass is 16.3. The largest absolute Gasteiger partial charge is 0.461 e. The molecule has 2 aliphatic carbocycles. The number of amides is 1. The van der Waals surface area contributed by atoms with Crippen LogP contribution in [0.3, 0.4) is 0 Å². The van der Waals surface area contributed by atoms with Crippen LogP contribution in [0.2, 0.25) is 0 Å². The van der Waals surface area contributed by atoms with E-state index in [-0.39, 0.29) is 17.9 Å². The maximum Gasteiger partial charge on any atom is 0.223 e. The number of aromatic nitrogens is 3. The van der Waals surface area contributed by atoms with Gasteiger partial charge in [0.05, 0.1) is 6.26 Å². The number of carbonyl (C=O) groups is 1. The van der Waals surface area contributed by atoms with Gasteiger partial charge in [-0.05, 0) is 44.2 Å². The lowest BCUT2D eigenvalue weighted by atomic mass is 9.85. The molecule has 9 nitrogen and oxygen atoms in total. The van der Waals surface area contributed by atoms with Crippen LogP contribution in [0.4, 0.5) is 0 Å². The van der Waals surface area contributed by atoms with Crippen molar-refractivity contribution < 1.29 is 9.21 Å². The molecule has 9 heteroatoms. The number of aliphatic imine (C=N–C) groups is 1. The monoisotopic (exact) mass is 399 g/mol. The molecule has 0 aromatic carbocycles. The molecule has 2 unspecified atom stereocenters. The van der Waals surface area contributed by atoms with Crippen molar-refractivity contribution in [2.24, 2.45) is 10.9 Å². The number of H-pyrrole nitrogens is 1. The maximum atomic E-state index is 12.4. The summed E-state index contributed by atoms with van der Waals surface area (Å²) in [7, 11) is 1.76. The van der Waals surface area contributed by atoms with Crippen LogP contribution < -0.4 is 16.0 Å². The van der Waals surface area contributed by atoms with Gasteiger partial charge >= 0.3 is 0 Å². The molecule has 156 valence electrons. The van der Waals surface area contributed by atoms with Gasteiger partial charge in [-0.3, -0.25) is 14.9 Å². The van der Waals surface area contributed by atoms with Crippen LogP contribution in [0, 0.1) is 5.92 Å². The Balaban J connectivity index is 1.21. The van der Waals surface area contributed by atoms with E-state index >= 15 is 0 Å². The van der Waals surface area contributed by atoms with Gasteiger partial charge in [0, 0.05) is 38.0 Å². The average Bonchev–Trinajstić information content (AvgIpc) is 3.20. The summed E-state index contributed by atoms with van der Waals surface area (Å²) < 4.78 is 5.31. The van der Waals surface area contributed by atoms with Gasteiger partial charge in [0.15, 0.2) is 11.7 Å². The van der Waals surface area contributed by atoms with E-state index in [0.29, 0.717) is 30.6 Å². The van der Waals surface area contributed by atoms with Crippen molar-refractivity contribution in [3.05, 3.63) is 24.2 Å². The summed E-state index contributed by atoms with van der Waals surface area (Å²) in [6.45, 7) is 0.671. The molecular formula is C20H29N7O2. The van der Waals surface area contributed by atoms with Gasteiger partial charge in [0.25, 0.3) is 0 Å². The molecular weight excluding hydrogens is 370 g/mol. The Morgan fingerprint density at radius 2 is 2.17 bits per heavy atom. The summed E-state index contributed by atoms with van der Waals surface area (Å²) in [5.41, 5.74) is 0. The Bertz CT molecular complexity index is 826. The first-order chi connectivity index (χ1) is 14.2. The van der Waals surface area contributed by atoms with Crippen molar-refractivity contribution in [2.75, 3.05) is 13.6 Å². The molecule has 2 heterocycles. The highest BCUT2D eigenvalue weighted by Crippen LogP contribution is 2.26. The Hall–Kier alpha value is -2.84. The molecule has 2 fully saturated rings. The number of furan rings is 1. The molecule has 2 saturated carbocycles. The van der Waals surface area contributed by atoms with Crippen molar-refractivity contribution in [3.63, 3.8) is 0 Å². The van der Waals surface area contributed by atoms with Crippen LogP contribution in [0.1, 0.15) is 44.3 Å². The summed E-state index contributed by atoms with van der Waals surface area (Å²) >= 11 is 0. The van der Waals surface area contributed by atoms with Crippen LogP contribution in [0.5, 0.6) is 0 Å². The number of rotatable bonds is 7. The average molecular weight is 399 g/mol. The van der Waals surface area contributed by atoms with Gasteiger partial charge in [0.2, 0.25) is 11.7 Å². The third-order valence-electron chi connectivity index (χ3n) is 5.46. The summed E-state index contributed by atoms with van der Waals surface area (Å²) in [5.74, 6) is 3.08. The molecule has 1 amide bonds. The molecule has 2 aliphatic rings. The van der Waals surface area contributed by atoms with Crippen LogP contribution in [0.25, 0.3) is 11.6 Å². The van der Waals surface area contributed by atoms with Gasteiger partial charge in [-0.15, -0.1) is 0 Å². The normalized spacial score (nSPS) is 22.3. The minimum atomic E-state index is 0.106. The van der Waals surface area contributed by atoms with Crippen molar-refractivity contribution >= 4 is 11.9 Å². The van der Waals surface area contributed by atoms with E-state index < -0.39 is 0 Å². The van der Waals surface area contributed by atoms with Crippen molar-refractivity contribution in [1.82, 2.24) is 31.1 Å². The number of guanidine groups is 1. The third kappa shape index (κ3) is 5.36. The smallest absolute Gasteiger partial charge is 0.223 e. The van der Waals surface area contributed by atoms with Crippen molar-refractivity contribution in [2.45, 2.75) is 57.0 Å². The molecule has 4 rings (SSSR count). The SMILES string of the molecule is CN=C(NCCc1nc(-c2ccco2)n[nH]1)NC1CCCC(C(=O)NC2CC2)C1. The van der Waals surface area contributed by atoms with E-state index in [1.165, 1.54) is 0 Å². The topological polar surface area (TPSA) is 120 Å². The summed E-state index contributed by atoms with van der Waals surface area (Å²) in [6, 6.07) is 4.34. The zero-order valence-corrected chi connectivity index (χ0v) is 16.8. The van der Waals surface area contributed by atoms with Crippen molar-refractivity contribution in [3.8, 4) is 11.6 Å². The van der Waals surface area contributed by atoms with E-state index in [1.807, 2.05) is 12.1 Å². The fourth-order valence-electron chi connectivity index (χ4n) is 3.72. The Morgan fingerprint density at radius 3 is 2.93 bits per heavy atom. The summed E-state index contributed by atoms with van der Waals surface area (Å²) in [6.07, 6.45) is 8.50. The van der Waals surface area contributed by atoms with Gasteiger partial charge in [-0.25, -0.2) is 4.98 Å². The zero-order chi connectivity index (χ0) is 20.1. The lowest BCUT2D eigenvalue weighted by Crippen LogP contribution is -2.47. The molecule has 2 atom stereocenters. The predicted octanol–water partition coefficient (Wildman–Crippen LogP) is 1.61. The lowest BCUT2D eigenvalue weighted by molar-refractivity contribution is -0.126. The number of hydrogen-bond acceptors (Lipinski definition) is 5. The van der Waals surface area contributed by atoms with Gasteiger partial charge < -0.3 is 20.4 Å². The van der Waals surface area contributed by atoms with Crippen LogP contribution in [-0.2, 0) is 11.2 Å².